The van der Waals surface area contributed by atoms with Gasteiger partial charge in [-0.05, 0) is 18.2 Å². The third-order valence-electron chi connectivity index (χ3n) is 3.97. The Kier molecular flexibility index (Phi) is 6.06. The molecule has 0 bridgehead atoms. The Labute approximate surface area is 175 Å². The maximum atomic E-state index is 13.8. The van der Waals surface area contributed by atoms with Gasteiger partial charge < -0.3 is 9.15 Å². The van der Waals surface area contributed by atoms with Crippen molar-refractivity contribution in [1.82, 2.24) is 19.7 Å². The quantitative estimate of drug-likeness (QED) is 0.270. The van der Waals surface area contributed by atoms with E-state index in [-0.39, 0.29) is 12.4 Å². The lowest BCUT2D eigenvalue weighted by atomic mass is 10.3. The maximum Gasteiger partial charge on any atom is 0.191 e. The van der Waals surface area contributed by atoms with Gasteiger partial charge in [0.05, 0.1) is 12.0 Å². The van der Waals surface area contributed by atoms with E-state index in [9.17, 15) is 4.39 Å². The molecule has 0 N–H and O–H groups in total. The van der Waals surface area contributed by atoms with E-state index in [4.69, 9.17) is 9.15 Å². The van der Waals surface area contributed by atoms with Crippen molar-refractivity contribution in [1.29, 1.82) is 0 Å². The SMILES string of the molecule is C=CCn1c(COc2ccccc2F)nnc1SCc1csc(-c2ccoc2)n1. The first-order chi connectivity index (χ1) is 14.2. The van der Waals surface area contributed by atoms with E-state index in [1.165, 1.54) is 17.8 Å². The number of allylic oxidation sites excluding steroid dienone is 1. The Morgan fingerprint density at radius 1 is 1.28 bits per heavy atom. The molecule has 0 fully saturated rings. The number of nitrogens with zero attached hydrogens (tertiary/aromatic N) is 4. The number of thioether (sulfide) groups is 1. The lowest BCUT2D eigenvalue weighted by Crippen LogP contribution is -2.08. The van der Waals surface area contributed by atoms with Crippen LogP contribution in [0.1, 0.15) is 11.5 Å². The van der Waals surface area contributed by atoms with Gasteiger partial charge in [-0.1, -0.05) is 30.0 Å². The fourth-order valence-corrected chi connectivity index (χ4v) is 4.35. The van der Waals surface area contributed by atoms with Crippen LogP contribution in [0.4, 0.5) is 4.39 Å². The smallest absolute Gasteiger partial charge is 0.191 e. The van der Waals surface area contributed by atoms with Crippen LogP contribution in [0.3, 0.4) is 0 Å². The van der Waals surface area contributed by atoms with Crippen LogP contribution in [0.15, 0.2) is 70.5 Å². The predicted molar refractivity (Wildman–Crippen MR) is 110 cm³/mol. The van der Waals surface area contributed by atoms with Gasteiger partial charge in [0.25, 0.3) is 0 Å². The number of halogens is 1. The summed E-state index contributed by atoms with van der Waals surface area (Å²) in [6.07, 6.45) is 5.08. The summed E-state index contributed by atoms with van der Waals surface area (Å²) in [6.45, 7) is 4.44. The maximum absolute atomic E-state index is 13.8. The lowest BCUT2D eigenvalue weighted by molar-refractivity contribution is 0.275. The van der Waals surface area contributed by atoms with Crippen molar-refractivity contribution in [3.8, 4) is 16.3 Å². The number of hydrogen-bond donors (Lipinski definition) is 0. The van der Waals surface area contributed by atoms with Crippen LogP contribution in [0.5, 0.6) is 5.75 Å². The molecule has 4 aromatic rings. The van der Waals surface area contributed by atoms with E-state index in [2.05, 4.69) is 21.8 Å². The first kappa shape index (κ1) is 19.4. The number of rotatable bonds is 9. The van der Waals surface area contributed by atoms with Crippen LogP contribution in [-0.2, 0) is 18.9 Å². The molecule has 9 heteroatoms. The molecule has 3 aromatic heterocycles. The summed E-state index contributed by atoms with van der Waals surface area (Å²) in [7, 11) is 0. The highest BCUT2D eigenvalue weighted by molar-refractivity contribution is 7.98. The molecule has 0 saturated heterocycles. The van der Waals surface area contributed by atoms with Crippen molar-refractivity contribution in [2.75, 3.05) is 0 Å². The number of ether oxygens (including phenoxy) is 1. The van der Waals surface area contributed by atoms with Crippen molar-refractivity contribution in [3.63, 3.8) is 0 Å². The van der Waals surface area contributed by atoms with Gasteiger partial charge in [0.15, 0.2) is 22.5 Å². The van der Waals surface area contributed by atoms with Gasteiger partial charge in [0.2, 0.25) is 0 Å². The van der Waals surface area contributed by atoms with Crippen LogP contribution in [0.2, 0.25) is 0 Å². The largest absolute Gasteiger partial charge is 0.483 e. The van der Waals surface area contributed by atoms with Crippen molar-refractivity contribution >= 4 is 23.1 Å². The van der Waals surface area contributed by atoms with E-state index in [0.29, 0.717) is 18.1 Å². The molecule has 0 radical (unpaired) electrons. The van der Waals surface area contributed by atoms with Crippen LogP contribution < -0.4 is 4.74 Å². The molecule has 0 unspecified atom stereocenters. The van der Waals surface area contributed by atoms with Crippen LogP contribution in [0, 0.1) is 5.82 Å². The molecule has 0 spiro atoms. The summed E-state index contributed by atoms with van der Waals surface area (Å²) in [6, 6.07) is 8.17. The van der Waals surface area contributed by atoms with Crippen molar-refractivity contribution in [3.05, 3.63) is 78.2 Å². The molecule has 4 rings (SSSR count). The van der Waals surface area contributed by atoms with Crippen LogP contribution >= 0.6 is 23.1 Å². The number of furan rings is 1. The third-order valence-corrected chi connectivity index (χ3v) is 5.91. The molecule has 6 nitrogen and oxygen atoms in total. The van der Waals surface area contributed by atoms with Gasteiger partial charge in [0.1, 0.15) is 17.9 Å². The minimum Gasteiger partial charge on any atom is -0.483 e. The van der Waals surface area contributed by atoms with E-state index in [1.54, 1.807) is 48.1 Å². The van der Waals surface area contributed by atoms with Gasteiger partial charge in [-0.15, -0.1) is 28.1 Å². The Morgan fingerprint density at radius 3 is 2.97 bits per heavy atom. The minimum absolute atomic E-state index is 0.115. The zero-order valence-corrected chi connectivity index (χ0v) is 17.0. The highest BCUT2D eigenvalue weighted by Gasteiger charge is 2.14. The Morgan fingerprint density at radius 2 is 2.17 bits per heavy atom. The number of benzene rings is 1. The average Bonchev–Trinajstić information content (AvgIpc) is 3.47. The fourth-order valence-electron chi connectivity index (χ4n) is 2.58. The standard InChI is InChI=1S/C20H17FN4O2S2/c1-2-8-25-18(11-27-17-6-4-3-5-16(17)21)23-24-20(25)29-13-15-12-28-19(22-15)14-7-9-26-10-14/h2-7,9-10,12H,1,8,11,13H2. The second-order valence-electron chi connectivity index (χ2n) is 5.96. The van der Waals surface area contributed by atoms with Gasteiger partial charge in [0, 0.05) is 23.2 Å². The number of para-hydroxylation sites is 1. The predicted octanol–water partition coefficient (Wildman–Crippen LogP) is 5.19. The molecule has 0 saturated carbocycles. The van der Waals surface area contributed by atoms with Crippen LogP contribution in [0.25, 0.3) is 10.6 Å². The van der Waals surface area contributed by atoms with E-state index < -0.39 is 5.82 Å². The zero-order valence-electron chi connectivity index (χ0n) is 15.3. The molecule has 0 amide bonds. The third kappa shape index (κ3) is 4.57. The zero-order chi connectivity index (χ0) is 20.1. The summed E-state index contributed by atoms with van der Waals surface area (Å²) >= 11 is 3.10. The van der Waals surface area contributed by atoms with Crippen molar-refractivity contribution in [2.45, 2.75) is 24.1 Å². The summed E-state index contributed by atoms with van der Waals surface area (Å²) in [4.78, 5) is 4.63. The first-order valence-electron chi connectivity index (χ1n) is 8.74. The van der Waals surface area contributed by atoms with Gasteiger partial charge >= 0.3 is 0 Å². The van der Waals surface area contributed by atoms with Gasteiger partial charge in [-0.25, -0.2) is 9.37 Å². The molecular weight excluding hydrogens is 411 g/mol. The van der Waals surface area contributed by atoms with Crippen molar-refractivity contribution in [2.24, 2.45) is 0 Å². The second kappa shape index (κ2) is 9.06. The summed E-state index contributed by atoms with van der Waals surface area (Å²) in [5.41, 5.74) is 1.92. The molecule has 0 aliphatic heterocycles. The number of hydrogen-bond acceptors (Lipinski definition) is 7. The van der Waals surface area contributed by atoms with E-state index >= 15 is 0 Å². The lowest BCUT2D eigenvalue weighted by Gasteiger charge is -2.09. The molecule has 0 atom stereocenters. The van der Waals surface area contributed by atoms with Gasteiger partial charge in [-0.2, -0.15) is 0 Å². The Hall–Kier alpha value is -2.91. The topological polar surface area (TPSA) is 66.0 Å². The normalized spacial score (nSPS) is 10.9. The highest BCUT2D eigenvalue weighted by atomic mass is 32.2. The Balaban J connectivity index is 1.43. The first-order valence-corrected chi connectivity index (χ1v) is 10.6. The molecule has 0 aliphatic carbocycles. The molecule has 0 aliphatic rings. The molecular formula is C20H17FN4O2S2. The molecule has 29 heavy (non-hydrogen) atoms. The van der Waals surface area contributed by atoms with Crippen LogP contribution in [-0.4, -0.2) is 19.7 Å². The average molecular weight is 429 g/mol. The molecule has 148 valence electrons. The number of thiazole rings is 1. The fraction of sp³-hybridized carbons (Fsp3) is 0.150. The Bertz CT molecular complexity index is 1090. The highest BCUT2D eigenvalue weighted by Crippen LogP contribution is 2.28. The summed E-state index contributed by atoms with van der Waals surface area (Å²) in [5.74, 6) is 1.03. The minimum atomic E-state index is -0.408. The monoisotopic (exact) mass is 428 g/mol. The number of aromatic nitrogens is 4. The molecule has 3 heterocycles. The van der Waals surface area contributed by atoms with Crippen molar-refractivity contribution < 1.29 is 13.5 Å². The summed E-state index contributed by atoms with van der Waals surface area (Å²) < 4.78 is 26.3. The summed E-state index contributed by atoms with van der Waals surface area (Å²) in [5, 5.41) is 12.1. The van der Waals surface area contributed by atoms with E-state index in [0.717, 1.165) is 21.4 Å². The van der Waals surface area contributed by atoms with E-state index in [1.807, 2.05) is 16.0 Å². The second-order valence-corrected chi connectivity index (χ2v) is 7.76. The van der Waals surface area contributed by atoms with Gasteiger partial charge in [-0.3, -0.25) is 4.57 Å². The molecule has 1 aromatic carbocycles.